The average Bonchev–Trinajstić information content (AvgIpc) is 2.65. The van der Waals surface area contributed by atoms with E-state index >= 15 is 0 Å². The Morgan fingerprint density at radius 1 is 1.15 bits per heavy atom. The number of hydrogen-bond donors (Lipinski definition) is 1. The van der Waals surface area contributed by atoms with Crippen LogP contribution in [0.1, 0.15) is 30.6 Å². The molecule has 0 fully saturated rings. The van der Waals surface area contributed by atoms with Gasteiger partial charge in [0.1, 0.15) is 11.4 Å². The van der Waals surface area contributed by atoms with Gasteiger partial charge in [0.2, 0.25) is 0 Å². The molecule has 3 rings (SSSR count). The van der Waals surface area contributed by atoms with Gasteiger partial charge in [0, 0.05) is 22.8 Å². The summed E-state index contributed by atoms with van der Waals surface area (Å²) in [6.45, 7) is 3.87. The number of aryl methyl sites for hydroxylation is 1. The largest absolute Gasteiger partial charge is 0.350 e. The van der Waals surface area contributed by atoms with Crippen LogP contribution in [-0.4, -0.2) is 15.6 Å². The summed E-state index contributed by atoms with van der Waals surface area (Å²) in [5.74, 6) is -0.230. The van der Waals surface area contributed by atoms with Crippen LogP contribution in [0, 0.1) is 0 Å². The van der Waals surface area contributed by atoms with Gasteiger partial charge < -0.3 is 5.32 Å². The molecule has 0 bridgehead atoms. The quantitative estimate of drug-likeness (QED) is 0.615. The van der Waals surface area contributed by atoms with Gasteiger partial charge in [0.25, 0.3) is 5.56 Å². The number of halogens is 1. The molecule has 5 nitrogen and oxygen atoms in total. The maximum atomic E-state index is 13.0. The van der Waals surface area contributed by atoms with E-state index in [4.69, 9.17) is 11.6 Å². The summed E-state index contributed by atoms with van der Waals surface area (Å²) >= 11 is 6.06. The fourth-order valence-electron chi connectivity index (χ4n) is 2.90. The molecule has 3 aromatic rings. The Kier molecular flexibility index (Phi) is 5.72. The molecule has 6 heteroatoms. The Morgan fingerprint density at radius 2 is 1.89 bits per heavy atom. The van der Waals surface area contributed by atoms with Crippen molar-refractivity contribution < 1.29 is 4.79 Å². The SMILES string of the molecule is CCCn1nc(-c2ccccc2)c(C(C)=O)c(Nc2cccc(Cl)c2)c1=O. The van der Waals surface area contributed by atoms with Gasteiger partial charge in [0.05, 0.1) is 5.56 Å². The molecule has 0 saturated heterocycles. The minimum atomic E-state index is -0.332. The lowest BCUT2D eigenvalue weighted by atomic mass is 10.0. The van der Waals surface area contributed by atoms with E-state index in [1.54, 1.807) is 24.3 Å². The van der Waals surface area contributed by atoms with E-state index in [9.17, 15) is 9.59 Å². The third-order valence-electron chi connectivity index (χ3n) is 4.08. The van der Waals surface area contributed by atoms with Crippen molar-refractivity contribution in [3.05, 3.63) is 75.5 Å². The van der Waals surface area contributed by atoms with E-state index in [1.807, 2.05) is 37.3 Å². The van der Waals surface area contributed by atoms with Gasteiger partial charge in [-0.1, -0.05) is 54.9 Å². The fraction of sp³-hybridized carbons (Fsp3) is 0.190. The lowest BCUT2D eigenvalue weighted by Gasteiger charge is -2.16. The second-order valence-electron chi connectivity index (χ2n) is 6.18. The molecule has 0 aliphatic rings. The van der Waals surface area contributed by atoms with Crippen molar-refractivity contribution in [2.45, 2.75) is 26.8 Å². The Bertz CT molecular complexity index is 1030. The first-order chi connectivity index (χ1) is 13.0. The van der Waals surface area contributed by atoms with E-state index in [-0.39, 0.29) is 22.6 Å². The number of anilines is 2. The zero-order valence-corrected chi connectivity index (χ0v) is 16.0. The van der Waals surface area contributed by atoms with Crippen LogP contribution in [0.25, 0.3) is 11.3 Å². The number of nitrogens with zero attached hydrogens (tertiary/aromatic N) is 2. The zero-order chi connectivity index (χ0) is 19.4. The molecular formula is C21H20ClN3O2. The molecule has 138 valence electrons. The van der Waals surface area contributed by atoms with E-state index < -0.39 is 0 Å². The van der Waals surface area contributed by atoms with Gasteiger partial charge in [-0.2, -0.15) is 5.10 Å². The molecule has 0 aliphatic heterocycles. The van der Waals surface area contributed by atoms with Crippen molar-refractivity contribution in [2.75, 3.05) is 5.32 Å². The van der Waals surface area contributed by atoms with Crippen molar-refractivity contribution in [2.24, 2.45) is 0 Å². The minimum Gasteiger partial charge on any atom is -0.350 e. The Morgan fingerprint density at radius 3 is 2.52 bits per heavy atom. The molecule has 0 aliphatic carbocycles. The summed E-state index contributed by atoms with van der Waals surface area (Å²) in [4.78, 5) is 25.5. The van der Waals surface area contributed by atoms with Crippen LogP contribution in [0.5, 0.6) is 0 Å². The van der Waals surface area contributed by atoms with Crippen molar-refractivity contribution in [3.63, 3.8) is 0 Å². The van der Waals surface area contributed by atoms with Crippen molar-refractivity contribution >= 4 is 28.8 Å². The summed E-state index contributed by atoms with van der Waals surface area (Å²) in [5.41, 5.74) is 2.06. The molecule has 27 heavy (non-hydrogen) atoms. The topological polar surface area (TPSA) is 64.0 Å². The maximum Gasteiger partial charge on any atom is 0.291 e. The van der Waals surface area contributed by atoms with Crippen LogP contribution in [0.2, 0.25) is 5.02 Å². The Balaban J connectivity index is 2.27. The summed E-state index contributed by atoms with van der Waals surface area (Å²) in [6.07, 6.45) is 0.747. The molecular weight excluding hydrogens is 362 g/mol. The Hall–Kier alpha value is -2.92. The zero-order valence-electron chi connectivity index (χ0n) is 15.2. The number of carbonyl (C=O) groups excluding carboxylic acids is 1. The lowest BCUT2D eigenvalue weighted by Crippen LogP contribution is -2.28. The number of nitrogens with one attached hydrogen (secondary N) is 1. The maximum absolute atomic E-state index is 13.0. The van der Waals surface area contributed by atoms with Crippen molar-refractivity contribution in [3.8, 4) is 11.3 Å². The molecule has 0 saturated carbocycles. The van der Waals surface area contributed by atoms with Gasteiger partial charge in [-0.15, -0.1) is 0 Å². The van der Waals surface area contributed by atoms with Gasteiger partial charge in [0.15, 0.2) is 5.78 Å². The molecule has 0 amide bonds. The monoisotopic (exact) mass is 381 g/mol. The average molecular weight is 382 g/mol. The first-order valence-corrected chi connectivity index (χ1v) is 9.13. The highest BCUT2D eigenvalue weighted by Crippen LogP contribution is 2.28. The number of aromatic nitrogens is 2. The predicted molar refractivity (Wildman–Crippen MR) is 109 cm³/mol. The van der Waals surface area contributed by atoms with Gasteiger partial charge >= 0.3 is 0 Å². The first kappa shape index (κ1) is 18.9. The summed E-state index contributed by atoms with van der Waals surface area (Å²) in [7, 11) is 0. The fourth-order valence-corrected chi connectivity index (χ4v) is 3.09. The normalized spacial score (nSPS) is 10.6. The minimum absolute atomic E-state index is 0.215. The highest BCUT2D eigenvalue weighted by atomic mass is 35.5. The first-order valence-electron chi connectivity index (χ1n) is 8.75. The Labute approximate surface area is 162 Å². The van der Waals surface area contributed by atoms with Gasteiger partial charge in [-0.3, -0.25) is 9.59 Å². The highest BCUT2D eigenvalue weighted by Gasteiger charge is 2.22. The van der Waals surface area contributed by atoms with E-state index in [1.165, 1.54) is 11.6 Å². The van der Waals surface area contributed by atoms with Crippen molar-refractivity contribution in [1.82, 2.24) is 9.78 Å². The van der Waals surface area contributed by atoms with E-state index in [0.29, 0.717) is 22.9 Å². The summed E-state index contributed by atoms with van der Waals surface area (Å²) < 4.78 is 1.40. The van der Waals surface area contributed by atoms with E-state index in [0.717, 1.165) is 12.0 Å². The molecule has 1 aromatic heterocycles. The molecule has 0 atom stereocenters. The highest BCUT2D eigenvalue weighted by molar-refractivity contribution is 6.30. The lowest BCUT2D eigenvalue weighted by molar-refractivity contribution is 0.101. The molecule has 0 unspecified atom stereocenters. The second-order valence-corrected chi connectivity index (χ2v) is 6.62. The number of hydrogen-bond acceptors (Lipinski definition) is 4. The number of Topliss-reactive ketones (excluding diaryl/α,β-unsaturated/α-hetero) is 1. The van der Waals surface area contributed by atoms with Crippen LogP contribution < -0.4 is 10.9 Å². The molecule has 1 N–H and O–H groups in total. The second kappa shape index (κ2) is 8.18. The smallest absolute Gasteiger partial charge is 0.291 e. The number of ketones is 1. The number of rotatable bonds is 6. The van der Waals surface area contributed by atoms with Gasteiger partial charge in [-0.05, 0) is 31.5 Å². The summed E-state index contributed by atoms with van der Waals surface area (Å²) in [5, 5.41) is 8.12. The molecule has 0 radical (unpaired) electrons. The van der Waals surface area contributed by atoms with Crippen LogP contribution in [0.4, 0.5) is 11.4 Å². The molecule has 0 spiro atoms. The van der Waals surface area contributed by atoms with Crippen LogP contribution in [-0.2, 0) is 6.54 Å². The third kappa shape index (κ3) is 4.09. The number of benzene rings is 2. The standard InChI is InChI=1S/C21H20ClN3O2/c1-3-12-25-21(27)20(23-17-11-7-10-16(22)13-17)18(14(2)26)19(24-25)15-8-5-4-6-9-15/h4-11,13,23H,3,12H2,1-2H3. The van der Waals surface area contributed by atoms with Gasteiger partial charge in [-0.25, -0.2) is 4.68 Å². The summed E-state index contributed by atoms with van der Waals surface area (Å²) in [6, 6.07) is 16.4. The van der Waals surface area contributed by atoms with Crippen molar-refractivity contribution in [1.29, 1.82) is 0 Å². The third-order valence-corrected chi connectivity index (χ3v) is 4.32. The molecule has 1 heterocycles. The molecule has 2 aromatic carbocycles. The number of carbonyl (C=O) groups is 1. The van der Waals surface area contributed by atoms with Crippen LogP contribution >= 0.6 is 11.6 Å². The van der Waals surface area contributed by atoms with E-state index in [2.05, 4.69) is 10.4 Å². The van der Waals surface area contributed by atoms with Crippen LogP contribution in [0.3, 0.4) is 0 Å². The predicted octanol–water partition coefficient (Wildman–Crippen LogP) is 4.92. The van der Waals surface area contributed by atoms with Crippen LogP contribution in [0.15, 0.2) is 59.4 Å².